The molecule has 4 nitrogen and oxygen atoms in total. The molecule has 0 bridgehead atoms. The summed E-state index contributed by atoms with van der Waals surface area (Å²) >= 11 is 0. The van der Waals surface area contributed by atoms with Crippen molar-refractivity contribution in [1.29, 1.82) is 0 Å². The quantitative estimate of drug-likeness (QED) is 0.514. The molecular weight excluding hydrogens is 192 g/mol. The summed E-state index contributed by atoms with van der Waals surface area (Å²) in [4.78, 5) is 11.1. The number of morpholine rings is 1. The van der Waals surface area contributed by atoms with Crippen LogP contribution in [0.1, 0.15) is 19.8 Å². The minimum atomic E-state index is -0.0577. The van der Waals surface area contributed by atoms with Crippen molar-refractivity contribution in [2.45, 2.75) is 25.9 Å². The molecule has 0 aromatic rings. The maximum absolute atomic E-state index is 11.1. The molecule has 4 heteroatoms. The molecule has 1 heterocycles. The number of carbonyl (C=O) groups excluding carboxylic acids is 1. The zero-order chi connectivity index (χ0) is 11.1. The van der Waals surface area contributed by atoms with E-state index in [1.807, 2.05) is 0 Å². The second kappa shape index (κ2) is 6.58. The third-order valence-corrected chi connectivity index (χ3v) is 2.38. The Morgan fingerprint density at radius 1 is 1.67 bits per heavy atom. The van der Waals surface area contributed by atoms with E-state index < -0.39 is 0 Å². The van der Waals surface area contributed by atoms with Gasteiger partial charge in [-0.15, -0.1) is 0 Å². The van der Waals surface area contributed by atoms with E-state index in [1.165, 1.54) is 0 Å². The smallest absolute Gasteiger partial charge is 0.246 e. The van der Waals surface area contributed by atoms with Crippen molar-refractivity contribution in [2.75, 3.05) is 26.2 Å². The summed E-state index contributed by atoms with van der Waals surface area (Å²) in [7, 11) is 0. The fourth-order valence-corrected chi connectivity index (χ4v) is 1.49. The molecule has 0 saturated carbocycles. The first-order chi connectivity index (χ1) is 7.20. The highest BCUT2D eigenvalue weighted by atomic mass is 16.5. The Labute approximate surface area is 91.1 Å². The van der Waals surface area contributed by atoms with Crippen LogP contribution in [0.2, 0.25) is 0 Å². The van der Waals surface area contributed by atoms with Gasteiger partial charge in [0.2, 0.25) is 5.91 Å². The van der Waals surface area contributed by atoms with E-state index in [0.717, 1.165) is 32.5 Å². The number of hydrogen-bond donors (Lipinski definition) is 2. The second-order valence-corrected chi connectivity index (χ2v) is 3.88. The summed E-state index contributed by atoms with van der Waals surface area (Å²) in [6, 6.07) is 0. The monoisotopic (exact) mass is 212 g/mol. The van der Waals surface area contributed by atoms with Gasteiger partial charge in [0, 0.05) is 25.2 Å². The molecule has 1 aliphatic heterocycles. The van der Waals surface area contributed by atoms with Crippen LogP contribution in [0.15, 0.2) is 12.2 Å². The van der Waals surface area contributed by atoms with Crippen molar-refractivity contribution in [1.82, 2.24) is 10.6 Å². The number of rotatable bonds is 5. The van der Waals surface area contributed by atoms with Crippen LogP contribution in [0, 0.1) is 0 Å². The predicted octanol–water partition coefficient (Wildman–Crippen LogP) is 0.447. The summed E-state index contributed by atoms with van der Waals surface area (Å²) < 4.78 is 5.54. The fourth-order valence-electron chi connectivity index (χ4n) is 1.49. The molecule has 0 aromatic heterocycles. The number of carbonyl (C=O) groups is 1. The molecule has 86 valence electrons. The standard InChI is InChI=1S/C11H20N2O2/c1-9(2)11(14)13-5-3-4-10-8-12-6-7-15-10/h10,12H,1,3-8H2,2H3,(H,13,14). The number of amides is 1. The normalized spacial score (nSPS) is 21.0. The Kier molecular flexibility index (Phi) is 5.36. The fraction of sp³-hybridized carbons (Fsp3) is 0.727. The molecule has 1 atom stereocenters. The van der Waals surface area contributed by atoms with Gasteiger partial charge in [0.25, 0.3) is 0 Å². The Hall–Kier alpha value is -0.870. The lowest BCUT2D eigenvalue weighted by atomic mass is 10.1. The zero-order valence-electron chi connectivity index (χ0n) is 9.34. The van der Waals surface area contributed by atoms with Gasteiger partial charge in [-0.1, -0.05) is 6.58 Å². The Balaban J connectivity index is 2.01. The van der Waals surface area contributed by atoms with E-state index in [2.05, 4.69) is 17.2 Å². The lowest BCUT2D eigenvalue weighted by molar-refractivity contribution is -0.117. The van der Waals surface area contributed by atoms with Crippen LogP contribution in [0.4, 0.5) is 0 Å². The van der Waals surface area contributed by atoms with Crippen LogP contribution < -0.4 is 10.6 Å². The van der Waals surface area contributed by atoms with Crippen LogP contribution in [0.3, 0.4) is 0 Å². The second-order valence-electron chi connectivity index (χ2n) is 3.88. The number of nitrogens with one attached hydrogen (secondary N) is 2. The number of hydrogen-bond acceptors (Lipinski definition) is 3. The topological polar surface area (TPSA) is 50.4 Å². The average Bonchev–Trinajstić information content (AvgIpc) is 2.25. The highest BCUT2D eigenvalue weighted by Crippen LogP contribution is 2.03. The molecule has 2 N–H and O–H groups in total. The molecule has 1 aliphatic rings. The minimum absolute atomic E-state index is 0.0577. The first-order valence-electron chi connectivity index (χ1n) is 5.46. The van der Waals surface area contributed by atoms with Gasteiger partial charge in [0.1, 0.15) is 0 Å². The molecular formula is C11H20N2O2. The highest BCUT2D eigenvalue weighted by Gasteiger charge is 2.12. The van der Waals surface area contributed by atoms with Crippen molar-refractivity contribution >= 4 is 5.91 Å². The largest absolute Gasteiger partial charge is 0.376 e. The van der Waals surface area contributed by atoms with E-state index in [0.29, 0.717) is 18.2 Å². The van der Waals surface area contributed by atoms with E-state index in [-0.39, 0.29) is 5.91 Å². The predicted molar refractivity (Wildman–Crippen MR) is 59.7 cm³/mol. The van der Waals surface area contributed by atoms with Gasteiger partial charge < -0.3 is 15.4 Å². The molecule has 0 aliphatic carbocycles. The minimum Gasteiger partial charge on any atom is -0.376 e. The summed E-state index contributed by atoms with van der Waals surface area (Å²) in [5.41, 5.74) is 0.561. The Morgan fingerprint density at radius 2 is 2.47 bits per heavy atom. The lowest BCUT2D eigenvalue weighted by Crippen LogP contribution is -2.38. The molecule has 1 rings (SSSR count). The van der Waals surface area contributed by atoms with Gasteiger partial charge in [0.15, 0.2) is 0 Å². The zero-order valence-corrected chi connectivity index (χ0v) is 9.34. The van der Waals surface area contributed by atoms with Gasteiger partial charge >= 0.3 is 0 Å². The van der Waals surface area contributed by atoms with Crippen molar-refractivity contribution in [3.05, 3.63) is 12.2 Å². The third-order valence-electron chi connectivity index (χ3n) is 2.38. The first-order valence-corrected chi connectivity index (χ1v) is 5.46. The van der Waals surface area contributed by atoms with E-state index in [4.69, 9.17) is 4.74 Å². The Morgan fingerprint density at radius 3 is 3.07 bits per heavy atom. The van der Waals surface area contributed by atoms with Gasteiger partial charge in [0.05, 0.1) is 12.7 Å². The van der Waals surface area contributed by atoms with Crippen LogP contribution in [-0.4, -0.2) is 38.3 Å². The van der Waals surface area contributed by atoms with Crippen LogP contribution in [-0.2, 0) is 9.53 Å². The molecule has 1 saturated heterocycles. The SMILES string of the molecule is C=C(C)C(=O)NCCCC1CNCCO1. The van der Waals surface area contributed by atoms with Crippen molar-refractivity contribution in [2.24, 2.45) is 0 Å². The molecule has 15 heavy (non-hydrogen) atoms. The van der Waals surface area contributed by atoms with Gasteiger partial charge in [-0.25, -0.2) is 0 Å². The van der Waals surface area contributed by atoms with Crippen LogP contribution in [0.25, 0.3) is 0 Å². The molecule has 1 fully saturated rings. The molecule has 0 spiro atoms. The van der Waals surface area contributed by atoms with Crippen molar-refractivity contribution < 1.29 is 9.53 Å². The summed E-state index contributed by atoms with van der Waals surface area (Å²) in [6.45, 7) is 8.66. The lowest BCUT2D eigenvalue weighted by Gasteiger charge is -2.23. The van der Waals surface area contributed by atoms with E-state index >= 15 is 0 Å². The van der Waals surface area contributed by atoms with E-state index in [9.17, 15) is 4.79 Å². The molecule has 0 radical (unpaired) electrons. The molecule has 1 unspecified atom stereocenters. The van der Waals surface area contributed by atoms with Gasteiger partial charge in [-0.05, 0) is 19.8 Å². The summed E-state index contributed by atoms with van der Waals surface area (Å²) in [5, 5.41) is 6.08. The van der Waals surface area contributed by atoms with Crippen LogP contribution >= 0.6 is 0 Å². The van der Waals surface area contributed by atoms with Gasteiger partial charge in [-0.3, -0.25) is 4.79 Å². The van der Waals surface area contributed by atoms with Crippen LogP contribution in [0.5, 0.6) is 0 Å². The van der Waals surface area contributed by atoms with Crippen molar-refractivity contribution in [3.8, 4) is 0 Å². The Bertz CT molecular complexity index is 223. The summed E-state index contributed by atoms with van der Waals surface area (Å²) in [6.07, 6.45) is 2.25. The highest BCUT2D eigenvalue weighted by molar-refractivity contribution is 5.91. The average molecular weight is 212 g/mol. The first kappa shape index (κ1) is 12.2. The van der Waals surface area contributed by atoms with Gasteiger partial charge in [-0.2, -0.15) is 0 Å². The molecule has 0 aromatic carbocycles. The maximum atomic E-state index is 11.1. The maximum Gasteiger partial charge on any atom is 0.246 e. The number of ether oxygens (including phenoxy) is 1. The third kappa shape index (κ3) is 4.95. The van der Waals surface area contributed by atoms with Crippen molar-refractivity contribution in [3.63, 3.8) is 0 Å². The summed E-state index contributed by atoms with van der Waals surface area (Å²) in [5.74, 6) is -0.0577. The molecule has 1 amide bonds. The van der Waals surface area contributed by atoms with E-state index in [1.54, 1.807) is 6.92 Å².